The second kappa shape index (κ2) is 3.55. The van der Waals surface area contributed by atoms with Crippen molar-refractivity contribution in [1.82, 2.24) is 0 Å². The van der Waals surface area contributed by atoms with E-state index in [0.29, 0.717) is 0 Å². The number of ether oxygens (including phenoxy) is 1. The lowest BCUT2D eigenvalue weighted by Gasteiger charge is -2.40. The average Bonchev–Trinajstić information content (AvgIpc) is 2.04. The molecule has 0 fully saturated rings. The third-order valence-electron chi connectivity index (χ3n) is 2.62. The summed E-state index contributed by atoms with van der Waals surface area (Å²) in [5, 5.41) is 0. The first kappa shape index (κ1) is 10.9. The highest BCUT2D eigenvalue weighted by Gasteiger charge is 2.38. The van der Waals surface area contributed by atoms with Crippen LogP contribution in [-0.2, 0) is 4.74 Å². The fourth-order valence-corrected chi connectivity index (χ4v) is 2.52. The van der Waals surface area contributed by atoms with Crippen molar-refractivity contribution in [3.05, 3.63) is 23.8 Å². The van der Waals surface area contributed by atoms with Gasteiger partial charge in [0.05, 0.1) is 0 Å². The van der Waals surface area contributed by atoms with E-state index in [4.69, 9.17) is 4.74 Å². The molecule has 74 valence electrons. The molecule has 1 rings (SSSR count). The Hall–Kier alpha value is -0.130. The maximum atomic E-state index is 5.63. The van der Waals surface area contributed by atoms with Crippen LogP contribution in [0.2, 0.25) is 0 Å². The maximum Gasteiger partial charge on any atom is 0.109 e. The molecule has 0 bridgehead atoms. The molecule has 0 spiro atoms. The van der Waals surface area contributed by atoms with Crippen molar-refractivity contribution in [2.45, 2.75) is 26.4 Å². The van der Waals surface area contributed by atoms with Crippen LogP contribution in [0.3, 0.4) is 0 Å². The van der Waals surface area contributed by atoms with E-state index in [-0.39, 0.29) is 18.9 Å². The van der Waals surface area contributed by atoms with Crippen molar-refractivity contribution in [3.8, 4) is 0 Å². The molecule has 1 heterocycles. The lowest BCUT2D eigenvalue weighted by atomic mass is 9.76. The van der Waals surface area contributed by atoms with E-state index >= 15 is 0 Å². The first-order valence-electron chi connectivity index (χ1n) is 4.57. The second-order valence-corrected chi connectivity index (χ2v) is 6.47. The molecule has 2 heteroatoms. The van der Waals surface area contributed by atoms with E-state index in [9.17, 15) is 0 Å². The summed E-state index contributed by atoms with van der Waals surface area (Å²) in [7, 11) is 1.74. The van der Waals surface area contributed by atoms with Crippen LogP contribution in [0, 0.1) is 5.41 Å². The second-order valence-electron chi connectivity index (χ2n) is 4.54. The standard InChI is InChI=1S/C11H19OP/c1-10(2,3)11(12-4)6-8-13(5)9-7-11/h6-9H,1-5H3. The molecule has 0 amide bonds. The number of hydrogen-bond acceptors (Lipinski definition) is 1. The third-order valence-corrected chi connectivity index (χ3v) is 3.86. The molecule has 0 saturated carbocycles. The van der Waals surface area contributed by atoms with Gasteiger partial charge in [-0.25, -0.2) is 0 Å². The van der Waals surface area contributed by atoms with Gasteiger partial charge >= 0.3 is 0 Å². The molecule has 0 aromatic rings. The van der Waals surface area contributed by atoms with Crippen LogP contribution in [0.25, 0.3) is 0 Å². The zero-order chi connectivity index (χ0) is 10.1. The summed E-state index contributed by atoms with van der Waals surface area (Å²) in [6.07, 6.45) is 4.41. The molecule has 0 N–H and O–H groups in total. The molecule has 0 radical (unpaired) electrons. The largest absolute Gasteiger partial charge is 0.369 e. The summed E-state index contributed by atoms with van der Waals surface area (Å²) < 4.78 is 5.63. The lowest BCUT2D eigenvalue weighted by molar-refractivity contribution is -0.0131. The molecule has 0 aliphatic carbocycles. The Balaban J connectivity index is 2.97. The van der Waals surface area contributed by atoms with Crippen molar-refractivity contribution in [2.24, 2.45) is 5.41 Å². The predicted octanol–water partition coefficient (Wildman–Crippen LogP) is 3.57. The van der Waals surface area contributed by atoms with Gasteiger partial charge in [0, 0.05) is 7.11 Å². The van der Waals surface area contributed by atoms with Gasteiger partial charge in [-0.05, 0) is 24.2 Å². The van der Waals surface area contributed by atoms with Crippen molar-refractivity contribution in [1.29, 1.82) is 0 Å². The van der Waals surface area contributed by atoms with Crippen molar-refractivity contribution in [3.63, 3.8) is 0 Å². The van der Waals surface area contributed by atoms with Gasteiger partial charge in [0.1, 0.15) is 5.60 Å². The zero-order valence-corrected chi connectivity index (χ0v) is 10.1. The van der Waals surface area contributed by atoms with Gasteiger partial charge < -0.3 is 4.74 Å². The lowest BCUT2D eigenvalue weighted by Crippen LogP contribution is -2.41. The zero-order valence-electron chi connectivity index (χ0n) is 9.16. The van der Waals surface area contributed by atoms with E-state index in [0.717, 1.165) is 0 Å². The topological polar surface area (TPSA) is 9.23 Å². The number of hydrogen-bond donors (Lipinski definition) is 0. The number of methoxy groups -OCH3 is 1. The minimum absolute atomic E-state index is 0.0441. The van der Waals surface area contributed by atoms with Crippen molar-refractivity contribution < 1.29 is 4.74 Å². The van der Waals surface area contributed by atoms with E-state index in [1.807, 2.05) is 0 Å². The monoisotopic (exact) mass is 198 g/mol. The van der Waals surface area contributed by atoms with Crippen LogP contribution in [0.15, 0.2) is 23.8 Å². The summed E-state index contributed by atoms with van der Waals surface area (Å²) in [5.41, 5.74) is -0.0901. The predicted molar refractivity (Wildman–Crippen MR) is 60.3 cm³/mol. The van der Waals surface area contributed by atoms with Gasteiger partial charge in [-0.1, -0.05) is 40.3 Å². The Bertz CT molecular complexity index is 221. The Kier molecular flexibility index (Phi) is 2.99. The van der Waals surface area contributed by atoms with Crippen LogP contribution in [0.5, 0.6) is 0 Å². The Morgan fingerprint density at radius 2 is 1.62 bits per heavy atom. The van der Waals surface area contributed by atoms with Crippen LogP contribution >= 0.6 is 7.92 Å². The average molecular weight is 198 g/mol. The Morgan fingerprint density at radius 3 is 1.92 bits per heavy atom. The Labute approximate surface area is 82.6 Å². The third kappa shape index (κ3) is 2.03. The first-order valence-corrected chi connectivity index (χ1v) is 6.50. The first-order chi connectivity index (χ1) is 5.91. The van der Waals surface area contributed by atoms with Crippen LogP contribution in [0.4, 0.5) is 0 Å². The molecular weight excluding hydrogens is 179 g/mol. The molecule has 13 heavy (non-hydrogen) atoms. The summed E-state index contributed by atoms with van der Waals surface area (Å²) in [6.45, 7) is 8.85. The van der Waals surface area contributed by atoms with Crippen molar-refractivity contribution in [2.75, 3.05) is 13.8 Å². The van der Waals surface area contributed by atoms with Gasteiger partial charge in [0.25, 0.3) is 0 Å². The van der Waals surface area contributed by atoms with E-state index in [1.54, 1.807) is 7.11 Å². The summed E-state index contributed by atoms with van der Waals surface area (Å²) in [4.78, 5) is 0. The van der Waals surface area contributed by atoms with E-state index in [1.165, 1.54) is 0 Å². The highest BCUT2D eigenvalue weighted by atomic mass is 31.1. The summed E-state index contributed by atoms with van der Waals surface area (Å²) >= 11 is 0. The molecule has 0 aromatic heterocycles. The molecule has 1 aliphatic heterocycles. The summed E-state index contributed by atoms with van der Waals surface area (Å²) in [6, 6.07) is 0. The fourth-order valence-electron chi connectivity index (χ4n) is 1.50. The van der Waals surface area contributed by atoms with Gasteiger partial charge in [0.15, 0.2) is 0 Å². The molecular formula is C11H19OP. The highest BCUT2D eigenvalue weighted by molar-refractivity contribution is 7.63. The SMILES string of the molecule is COC1(C(C)(C)C)C=CP(C)C=C1. The van der Waals surface area contributed by atoms with E-state index in [2.05, 4.69) is 51.2 Å². The van der Waals surface area contributed by atoms with Crippen LogP contribution < -0.4 is 0 Å². The van der Waals surface area contributed by atoms with E-state index < -0.39 is 0 Å². The Morgan fingerprint density at radius 1 is 1.15 bits per heavy atom. The normalized spacial score (nSPS) is 33.8. The maximum absolute atomic E-state index is 5.63. The minimum atomic E-state index is -0.207. The fraction of sp³-hybridized carbons (Fsp3) is 0.636. The van der Waals surface area contributed by atoms with Crippen LogP contribution in [0.1, 0.15) is 20.8 Å². The van der Waals surface area contributed by atoms with Crippen LogP contribution in [-0.4, -0.2) is 19.4 Å². The van der Waals surface area contributed by atoms with Gasteiger partial charge in [-0.15, -0.1) is 0 Å². The molecule has 1 aliphatic rings. The minimum Gasteiger partial charge on any atom is -0.369 e. The smallest absolute Gasteiger partial charge is 0.109 e. The molecule has 1 nitrogen and oxygen atoms in total. The quantitative estimate of drug-likeness (QED) is 0.585. The highest BCUT2D eigenvalue weighted by Crippen LogP contribution is 2.46. The number of rotatable bonds is 1. The van der Waals surface area contributed by atoms with Gasteiger partial charge in [-0.2, -0.15) is 0 Å². The molecule has 0 atom stereocenters. The van der Waals surface area contributed by atoms with Gasteiger partial charge in [0.2, 0.25) is 0 Å². The van der Waals surface area contributed by atoms with Crippen molar-refractivity contribution >= 4 is 7.92 Å². The summed E-state index contributed by atoms with van der Waals surface area (Å²) in [5.74, 6) is 4.54. The molecule has 0 unspecified atom stereocenters. The van der Waals surface area contributed by atoms with Gasteiger partial charge in [-0.3, -0.25) is 0 Å². The molecule has 0 saturated heterocycles. The molecule has 0 aromatic carbocycles.